The molecule has 0 saturated heterocycles. The molecule has 3 unspecified atom stereocenters. The van der Waals surface area contributed by atoms with Gasteiger partial charge in [-0.3, -0.25) is 24.1 Å². The van der Waals surface area contributed by atoms with Crippen LogP contribution in [0.3, 0.4) is 0 Å². The van der Waals surface area contributed by atoms with Gasteiger partial charge in [0, 0.05) is 24.3 Å². The summed E-state index contributed by atoms with van der Waals surface area (Å²) in [5, 5.41) is 38.0. The lowest BCUT2D eigenvalue weighted by atomic mass is 9.48. The van der Waals surface area contributed by atoms with Crippen LogP contribution in [-0.2, 0) is 14.4 Å². The number of fused-ring (bicyclic) bond motifs is 3. The average Bonchev–Trinajstić information content (AvgIpc) is 2.77. The van der Waals surface area contributed by atoms with Crippen LogP contribution in [0.2, 0.25) is 0 Å². The van der Waals surface area contributed by atoms with Gasteiger partial charge in [0.1, 0.15) is 11.4 Å². The number of hydrogen-bond donors (Lipinski definition) is 5. The van der Waals surface area contributed by atoms with Crippen molar-refractivity contribution in [3.63, 3.8) is 0 Å². The summed E-state index contributed by atoms with van der Waals surface area (Å²) in [6.07, 6.45) is -1.45. The fourth-order valence-corrected chi connectivity index (χ4v) is 6.92. The maximum absolute atomic E-state index is 14.0. The number of nitrogens with one attached hydrogen (secondary N) is 1. The van der Waals surface area contributed by atoms with Crippen LogP contribution in [0.1, 0.15) is 49.5 Å². The largest absolute Gasteiger partial charge is 0.507 e. The Morgan fingerprint density at radius 1 is 1.19 bits per heavy atom. The first-order chi connectivity index (χ1) is 17.1. The van der Waals surface area contributed by atoms with E-state index in [1.165, 1.54) is 11.0 Å². The van der Waals surface area contributed by atoms with Crippen molar-refractivity contribution in [2.24, 2.45) is 34.8 Å². The number of phenols is 1. The number of benzene rings is 1. The number of aliphatic hydroxyl groups is 2. The number of rotatable bonds is 4. The van der Waals surface area contributed by atoms with Crippen molar-refractivity contribution >= 4 is 23.3 Å². The molecule has 3 aliphatic rings. The zero-order chi connectivity index (χ0) is 27.8. The van der Waals surface area contributed by atoms with Crippen molar-refractivity contribution in [2.45, 2.75) is 57.4 Å². The molecular formula is C27H37N3O7. The standard InChI is InChI=1S/C27H37N3O7/c1-11-12-8-7-9-13(31)15(12)20(32)16-14(11)21(33)18-19(30(5)6)22(34)17(25(28)36)24(35)27(18,37)23(16)29-10-26(2,3)4/h7-9,11,14,16-19,21,23,29,31,33,37H,10H2,1-6H3,(H2,28,36)/t11-,14+,16?,17?,18+,19-,21-,23?,27-/m0/s1. The highest BCUT2D eigenvalue weighted by Crippen LogP contribution is 2.56. The predicted octanol–water partition coefficient (Wildman–Crippen LogP) is -0.166. The van der Waals surface area contributed by atoms with E-state index < -0.39 is 76.6 Å². The first-order valence-electron chi connectivity index (χ1n) is 12.6. The van der Waals surface area contributed by atoms with Crippen LogP contribution in [-0.4, -0.2) is 87.9 Å². The van der Waals surface area contributed by atoms with Crippen LogP contribution < -0.4 is 11.1 Å². The number of nitrogens with zero attached hydrogens (tertiary/aromatic N) is 1. The Morgan fingerprint density at radius 2 is 1.81 bits per heavy atom. The van der Waals surface area contributed by atoms with Gasteiger partial charge in [0.15, 0.2) is 23.3 Å². The Morgan fingerprint density at radius 3 is 2.35 bits per heavy atom. The number of phenolic OH excluding ortho intramolecular Hbond substituents is 1. The molecule has 9 atom stereocenters. The molecule has 2 fully saturated rings. The molecule has 1 aromatic rings. The summed E-state index contributed by atoms with van der Waals surface area (Å²) >= 11 is 0. The second-order valence-corrected chi connectivity index (χ2v) is 12.3. The van der Waals surface area contributed by atoms with E-state index in [4.69, 9.17) is 5.73 Å². The maximum Gasteiger partial charge on any atom is 0.235 e. The monoisotopic (exact) mass is 515 g/mol. The first kappa shape index (κ1) is 27.4. The minimum absolute atomic E-state index is 0.0861. The van der Waals surface area contributed by atoms with E-state index in [2.05, 4.69) is 5.32 Å². The van der Waals surface area contributed by atoms with Gasteiger partial charge in [-0.15, -0.1) is 0 Å². The van der Waals surface area contributed by atoms with Gasteiger partial charge in [-0.05, 0) is 37.1 Å². The number of Topliss-reactive ketones (excluding diaryl/α,β-unsaturated/α-hetero) is 3. The topological polar surface area (TPSA) is 170 Å². The fourth-order valence-electron chi connectivity index (χ4n) is 6.92. The van der Waals surface area contributed by atoms with E-state index >= 15 is 0 Å². The summed E-state index contributed by atoms with van der Waals surface area (Å²) in [4.78, 5) is 55.1. The van der Waals surface area contributed by atoms with Crippen LogP contribution in [0.25, 0.3) is 0 Å². The highest BCUT2D eigenvalue weighted by molar-refractivity contribution is 6.24. The van der Waals surface area contributed by atoms with Crippen molar-refractivity contribution in [1.29, 1.82) is 0 Å². The molecule has 0 radical (unpaired) electrons. The first-order valence-corrected chi connectivity index (χ1v) is 12.6. The van der Waals surface area contributed by atoms with Gasteiger partial charge in [0.05, 0.1) is 23.8 Å². The zero-order valence-corrected chi connectivity index (χ0v) is 22.1. The predicted molar refractivity (Wildman–Crippen MR) is 134 cm³/mol. The molecule has 1 amide bonds. The summed E-state index contributed by atoms with van der Waals surface area (Å²) in [6, 6.07) is 2.27. The Bertz CT molecular complexity index is 1160. The number of aliphatic hydroxyl groups excluding tert-OH is 1. The molecule has 37 heavy (non-hydrogen) atoms. The van der Waals surface area contributed by atoms with E-state index in [1.54, 1.807) is 26.2 Å². The molecular weight excluding hydrogens is 478 g/mol. The van der Waals surface area contributed by atoms with Gasteiger partial charge in [0.2, 0.25) is 5.91 Å². The number of carbonyl (C=O) groups excluding carboxylic acids is 4. The van der Waals surface area contributed by atoms with Gasteiger partial charge >= 0.3 is 0 Å². The third kappa shape index (κ3) is 3.93. The molecule has 6 N–H and O–H groups in total. The van der Waals surface area contributed by atoms with Crippen molar-refractivity contribution < 1.29 is 34.5 Å². The summed E-state index contributed by atoms with van der Waals surface area (Å²) < 4.78 is 0. The Labute approximate surface area is 216 Å². The zero-order valence-electron chi connectivity index (χ0n) is 22.1. The molecule has 0 spiro atoms. The summed E-state index contributed by atoms with van der Waals surface area (Å²) in [7, 11) is 3.13. The molecule has 0 bridgehead atoms. The molecule has 0 aliphatic heterocycles. The van der Waals surface area contributed by atoms with E-state index in [0.717, 1.165) is 0 Å². The van der Waals surface area contributed by atoms with Crippen LogP contribution in [0.15, 0.2) is 18.2 Å². The van der Waals surface area contributed by atoms with Crippen LogP contribution >= 0.6 is 0 Å². The smallest absolute Gasteiger partial charge is 0.235 e. The SMILES string of the molecule is C[C@H]1c2cccc(O)c2C(=O)C2C(NCC(C)(C)C)[C@]3(O)C(=O)C(C(N)=O)C(=O)[C@@H](N(C)C)[C@@H]3[C@@H](O)[C@@H]21. The summed E-state index contributed by atoms with van der Waals surface area (Å²) in [6.45, 7) is 7.90. The van der Waals surface area contributed by atoms with E-state index in [1.807, 2.05) is 27.7 Å². The summed E-state index contributed by atoms with van der Waals surface area (Å²) in [5.74, 6) is -9.43. The van der Waals surface area contributed by atoms with E-state index in [9.17, 15) is 34.5 Å². The molecule has 2 saturated carbocycles. The lowest BCUT2D eigenvalue weighted by Crippen LogP contribution is -2.81. The van der Waals surface area contributed by atoms with Gasteiger partial charge < -0.3 is 26.4 Å². The van der Waals surface area contributed by atoms with Crippen molar-refractivity contribution in [3.05, 3.63) is 29.3 Å². The molecule has 3 aliphatic carbocycles. The number of likely N-dealkylation sites (N-methyl/N-ethyl adjacent to an activating group) is 1. The number of hydrogen-bond acceptors (Lipinski definition) is 9. The van der Waals surface area contributed by atoms with Crippen molar-refractivity contribution in [2.75, 3.05) is 20.6 Å². The quantitative estimate of drug-likeness (QED) is 0.342. The molecule has 0 heterocycles. The van der Waals surface area contributed by atoms with Gasteiger partial charge in [-0.2, -0.15) is 0 Å². The minimum atomic E-state index is -2.47. The lowest BCUT2D eigenvalue weighted by Gasteiger charge is -2.60. The van der Waals surface area contributed by atoms with E-state index in [0.29, 0.717) is 5.56 Å². The molecule has 1 aromatic carbocycles. The normalized spacial score (nSPS) is 37.7. The minimum Gasteiger partial charge on any atom is -0.507 e. The van der Waals surface area contributed by atoms with Crippen molar-refractivity contribution in [1.82, 2.24) is 10.2 Å². The molecule has 10 heteroatoms. The molecule has 10 nitrogen and oxygen atoms in total. The van der Waals surface area contributed by atoms with Gasteiger partial charge in [-0.25, -0.2) is 0 Å². The highest BCUT2D eigenvalue weighted by atomic mass is 16.3. The number of ketones is 3. The molecule has 4 rings (SSSR count). The Hall–Kier alpha value is -2.66. The third-order valence-corrected chi connectivity index (χ3v) is 8.48. The van der Waals surface area contributed by atoms with Crippen LogP contribution in [0, 0.1) is 29.1 Å². The number of nitrogens with two attached hydrogens (primary N) is 1. The second-order valence-electron chi connectivity index (χ2n) is 12.3. The second kappa shape index (κ2) is 8.97. The Kier molecular flexibility index (Phi) is 6.64. The van der Waals surface area contributed by atoms with Crippen LogP contribution in [0.4, 0.5) is 0 Å². The van der Waals surface area contributed by atoms with Gasteiger partial charge in [-0.1, -0.05) is 39.8 Å². The Balaban J connectivity index is 2.00. The maximum atomic E-state index is 14.0. The number of carbonyl (C=O) groups is 4. The summed E-state index contributed by atoms with van der Waals surface area (Å²) in [5.41, 5.74) is 3.32. The number of amides is 1. The van der Waals surface area contributed by atoms with Crippen LogP contribution in [0.5, 0.6) is 5.75 Å². The number of aromatic hydroxyl groups is 1. The fraction of sp³-hybridized carbons (Fsp3) is 0.630. The number of primary amides is 1. The van der Waals surface area contributed by atoms with Crippen molar-refractivity contribution in [3.8, 4) is 5.75 Å². The highest BCUT2D eigenvalue weighted by Gasteiger charge is 2.72. The average molecular weight is 516 g/mol. The lowest BCUT2D eigenvalue weighted by molar-refractivity contribution is -0.205. The molecule has 202 valence electrons. The van der Waals surface area contributed by atoms with E-state index in [-0.39, 0.29) is 23.3 Å². The third-order valence-electron chi connectivity index (χ3n) is 8.48. The van der Waals surface area contributed by atoms with Gasteiger partial charge in [0.25, 0.3) is 0 Å². The molecule has 0 aromatic heterocycles.